The molecular formula is C9H8ClNO2. The van der Waals surface area contributed by atoms with Crippen molar-refractivity contribution < 1.29 is 9.53 Å². The van der Waals surface area contributed by atoms with E-state index >= 15 is 0 Å². The molecule has 68 valence electrons. The number of epoxide rings is 1. The number of amides is 1. The van der Waals surface area contributed by atoms with Gasteiger partial charge in [0.1, 0.15) is 6.10 Å². The van der Waals surface area contributed by atoms with E-state index in [-0.39, 0.29) is 6.10 Å². The van der Waals surface area contributed by atoms with Crippen LogP contribution in [0, 0.1) is 0 Å². The molecule has 0 unspecified atom stereocenters. The molecule has 4 heteroatoms. The van der Waals surface area contributed by atoms with Gasteiger partial charge in [-0.2, -0.15) is 0 Å². The van der Waals surface area contributed by atoms with Crippen molar-refractivity contribution >= 4 is 17.5 Å². The molecule has 0 bridgehead atoms. The first-order valence-electron chi connectivity index (χ1n) is 3.89. The summed E-state index contributed by atoms with van der Waals surface area (Å²) >= 11 is 5.77. The van der Waals surface area contributed by atoms with Gasteiger partial charge in [-0.1, -0.05) is 23.7 Å². The van der Waals surface area contributed by atoms with Gasteiger partial charge in [-0.25, -0.2) is 0 Å². The molecule has 0 saturated carbocycles. The molecule has 1 amide bonds. The van der Waals surface area contributed by atoms with Crippen molar-refractivity contribution in [3.8, 4) is 0 Å². The second kappa shape index (κ2) is 3.01. The minimum absolute atomic E-state index is 0.198. The van der Waals surface area contributed by atoms with Crippen molar-refractivity contribution in [1.82, 2.24) is 0 Å². The minimum Gasteiger partial charge on any atom is -0.367 e. The van der Waals surface area contributed by atoms with E-state index < -0.39 is 12.0 Å². The quantitative estimate of drug-likeness (QED) is 0.726. The molecule has 1 aliphatic heterocycles. The second-order valence-corrected chi connectivity index (χ2v) is 3.37. The lowest BCUT2D eigenvalue weighted by Gasteiger charge is -1.95. The Morgan fingerprint density at radius 3 is 2.85 bits per heavy atom. The van der Waals surface area contributed by atoms with Gasteiger partial charge < -0.3 is 10.5 Å². The van der Waals surface area contributed by atoms with Crippen LogP contribution in [-0.2, 0) is 9.53 Å². The van der Waals surface area contributed by atoms with Crippen molar-refractivity contribution in [2.45, 2.75) is 12.2 Å². The number of rotatable bonds is 2. The van der Waals surface area contributed by atoms with Crippen LogP contribution in [0.4, 0.5) is 0 Å². The van der Waals surface area contributed by atoms with Gasteiger partial charge in [0.2, 0.25) is 5.91 Å². The highest BCUT2D eigenvalue weighted by atomic mass is 35.5. The van der Waals surface area contributed by atoms with Gasteiger partial charge in [0.15, 0.2) is 6.10 Å². The van der Waals surface area contributed by atoms with Crippen LogP contribution in [0.25, 0.3) is 0 Å². The molecular weight excluding hydrogens is 190 g/mol. The SMILES string of the molecule is NC(=O)[C@@H]1O[C@H]1c1cccc(Cl)c1. The van der Waals surface area contributed by atoms with E-state index in [9.17, 15) is 4.79 Å². The number of carbonyl (C=O) groups is 1. The van der Waals surface area contributed by atoms with E-state index in [1.165, 1.54) is 0 Å². The Hall–Kier alpha value is -1.06. The number of hydrogen-bond donors (Lipinski definition) is 1. The fourth-order valence-corrected chi connectivity index (χ4v) is 1.46. The number of halogens is 1. The summed E-state index contributed by atoms with van der Waals surface area (Å²) in [5, 5.41) is 0.635. The third-order valence-electron chi connectivity index (χ3n) is 1.95. The summed E-state index contributed by atoms with van der Waals surface area (Å²) in [6.45, 7) is 0. The molecule has 2 atom stereocenters. The molecule has 1 heterocycles. The summed E-state index contributed by atoms with van der Waals surface area (Å²) in [5.74, 6) is -0.426. The Morgan fingerprint density at radius 2 is 2.31 bits per heavy atom. The average molecular weight is 198 g/mol. The molecule has 0 radical (unpaired) electrons. The largest absolute Gasteiger partial charge is 0.367 e. The van der Waals surface area contributed by atoms with Gasteiger partial charge in [-0.05, 0) is 17.7 Å². The molecule has 3 nitrogen and oxygen atoms in total. The summed E-state index contributed by atoms with van der Waals surface area (Å²) in [6.07, 6.45) is -0.672. The summed E-state index contributed by atoms with van der Waals surface area (Å²) < 4.78 is 5.09. The third kappa shape index (κ3) is 1.66. The third-order valence-corrected chi connectivity index (χ3v) is 2.18. The fraction of sp³-hybridized carbons (Fsp3) is 0.222. The van der Waals surface area contributed by atoms with E-state index in [4.69, 9.17) is 22.1 Å². The summed E-state index contributed by atoms with van der Waals surface area (Å²) in [7, 11) is 0. The normalized spacial score (nSPS) is 25.6. The Bertz CT molecular complexity index is 353. The van der Waals surface area contributed by atoms with Crippen molar-refractivity contribution in [2.24, 2.45) is 5.73 Å². The molecule has 1 saturated heterocycles. The highest BCUT2D eigenvalue weighted by molar-refractivity contribution is 6.30. The predicted molar refractivity (Wildman–Crippen MR) is 48.3 cm³/mol. The smallest absolute Gasteiger partial charge is 0.249 e. The maximum Gasteiger partial charge on any atom is 0.249 e. The minimum atomic E-state index is -0.474. The van der Waals surface area contributed by atoms with Crippen LogP contribution in [-0.4, -0.2) is 12.0 Å². The number of ether oxygens (including phenoxy) is 1. The van der Waals surface area contributed by atoms with Crippen LogP contribution in [0.5, 0.6) is 0 Å². The maximum atomic E-state index is 10.7. The molecule has 1 aliphatic rings. The Kier molecular flexibility index (Phi) is 1.98. The molecule has 0 aromatic heterocycles. The standard InChI is InChI=1S/C9H8ClNO2/c10-6-3-1-2-5(4-6)7-8(13-7)9(11)12/h1-4,7-8H,(H2,11,12)/t7-,8+/m0/s1. The highest BCUT2D eigenvalue weighted by Crippen LogP contribution is 2.38. The summed E-state index contributed by atoms with van der Waals surface area (Å²) in [6, 6.07) is 7.22. The zero-order valence-corrected chi connectivity index (χ0v) is 7.49. The molecule has 1 aromatic rings. The Balaban J connectivity index is 2.16. The van der Waals surface area contributed by atoms with Gasteiger partial charge in [0, 0.05) is 5.02 Å². The Morgan fingerprint density at radius 1 is 1.54 bits per heavy atom. The lowest BCUT2D eigenvalue weighted by atomic mass is 10.1. The van der Waals surface area contributed by atoms with Crippen molar-refractivity contribution in [3.63, 3.8) is 0 Å². The first-order chi connectivity index (χ1) is 6.18. The van der Waals surface area contributed by atoms with Crippen LogP contribution in [0.15, 0.2) is 24.3 Å². The van der Waals surface area contributed by atoms with E-state index in [2.05, 4.69) is 0 Å². The lowest BCUT2D eigenvalue weighted by Crippen LogP contribution is -2.18. The van der Waals surface area contributed by atoms with Crippen molar-refractivity contribution in [3.05, 3.63) is 34.9 Å². The number of benzene rings is 1. The molecule has 1 aromatic carbocycles. The van der Waals surface area contributed by atoms with Gasteiger partial charge in [0.25, 0.3) is 0 Å². The second-order valence-electron chi connectivity index (χ2n) is 2.93. The lowest BCUT2D eigenvalue weighted by molar-refractivity contribution is -0.119. The van der Waals surface area contributed by atoms with E-state index in [0.717, 1.165) is 5.56 Å². The first-order valence-corrected chi connectivity index (χ1v) is 4.26. The van der Waals surface area contributed by atoms with Crippen LogP contribution in [0.2, 0.25) is 5.02 Å². The van der Waals surface area contributed by atoms with Crippen molar-refractivity contribution in [1.29, 1.82) is 0 Å². The number of carbonyl (C=O) groups excluding carboxylic acids is 1. The maximum absolute atomic E-state index is 10.7. The number of hydrogen-bond acceptors (Lipinski definition) is 2. The average Bonchev–Trinajstić information content (AvgIpc) is 2.82. The first kappa shape index (κ1) is 8.53. The predicted octanol–water partition coefficient (Wildman–Crippen LogP) is 1.27. The molecule has 2 N–H and O–H groups in total. The molecule has 0 spiro atoms. The summed E-state index contributed by atoms with van der Waals surface area (Å²) in [5.41, 5.74) is 5.97. The summed E-state index contributed by atoms with van der Waals surface area (Å²) in [4.78, 5) is 10.7. The Labute approximate surface area is 80.4 Å². The van der Waals surface area contributed by atoms with Crippen molar-refractivity contribution in [2.75, 3.05) is 0 Å². The van der Waals surface area contributed by atoms with Gasteiger partial charge >= 0.3 is 0 Å². The van der Waals surface area contributed by atoms with Crippen LogP contribution >= 0.6 is 11.6 Å². The molecule has 0 aliphatic carbocycles. The van der Waals surface area contributed by atoms with Crippen LogP contribution in [0.3, 0.4) is 0 Å². The molecule has 13 heavy (non-hydrogen) atoms. The van der Waals surface area contributed by atoms with E-state index in [1.807, 2.05) is 12.1 Å². The zero-order chi connectivity index (χ0) is 9.42. The fourth-order valence-electron chi connectivity index (χ4n) is 1.27. The topological polar surface area (TPSA) is 55.6 Å². The monoisotopic (exact) mass is 197 g/mol. The number of primary amides is 1. The van der Waals surface area contributed by atoms with Gasteiger partial charge in [0.05, 0.1) is 0 Å². The number of nitrogens with two attached hydrogens (primary N) is 1. The van der Waals surface area contributed by atoms with Crippen LogP contribution in [0.1, 0.15) is 11.7 Å². The van der Waals surface area contributed by atoms with E-state index in [1.54, 1.807) is 12.1 Å². The highest BCUT2D eigenvalue weighted by Gasteiger charge is 2.44. The van der Waals surface area contributed by atoms with Crippen LogP contribution < -0.4 is 5.73 Å². The van der Waals surface area contributed by atoms with Gasteiger partial charge in [-0.3, -0.25) is 4.79 Å². The van der Waals surface area contributed by atoms with E-state index in [0.29, 0.717) is 5.02 Å². The zero-order valence-electron chi connectivity index (χ0n) is 6.74. The van der Waals surface area contributed by atoms with Gasteiger partial charge in [-0.15, -0.1) is 0 Å². The molecule has 2 rings (SSSR count). The molecule has 1 fully saturated rings.